The van der Waals surface area contributed by atoms with Crippen LogP contribution in [0, 0.1) is 5.92 Å². The van der Waals surface area contributed by atoms with Gasteiger partial charge in [-0.3, -0.25) is 9.59 Å². The van der Waals surface area contributed by atoms with Crippen LogP contribution in [0.3, 0.4) is 0 Å². The van der Waals surface area contributed by atoms with Gasteiger partial charge in [-0.2, -0.15) is 0 Å². The quantitative estimate of drug-likeness (QED) is 0.638. The SMILES string of the molecule is CCC(Cc1ccc(OC)c(C(N)C(=O)c2ncc(Cl)cc2Cl)c1)C(=O)O. The van der Waals surface area contributed by atoms with Gasteiger partial charge in [-0.05, 0) is 30.5 Å². The summed E-state index contributed by atoms with van der Waals surface area (Å²) in [5.41, 5.74) is 7.37. The topological polar surface area (TPSA) is 103 Å². The number of ketones is 1. The number of halogens is 2. The summed E-state index contributed by atoms with van der Waals surface area (Å²) in [6.07, 6.45) is 2.13. The van der Waals surface area contributed by atoms with Crippen LogP contribution < -0.4 is 10.5 Å². The van der Waals surface area contributed by atoms with Gasteiger partial charge in [0.25, 0.3) is 0 Å². The Morgan fingerprint density at radius 2 is 2.00 bits per heavy atom. The smallest absolute Gasteiger partial charge is 0.306 e. The van der Waals surface area contributed by atoms with E-state index in [1.165, 1.54) is 19.4 Å². The third kappa shape index (κ3) is 4.97. The van der Waals surface area contributed by atoms with Gasteiger partial charge in [-0.25, -0.2) is 4.98 Å². The molecule has 0 aliphatic heterocycles. The highest BCUT2D eigenvalue weighted by Gasteiger charge is 2.25. The first kappa shape index (κ1) is 21.2. The zero-order chi connectivity index (χ0) is 20.1. The number of carboxylic acids is 1. The molecule has 0 radical (unpaired) electrons. The predicted octanol–water partition coefficient (Wildman–Crippen LogP) is 3.93. The minimum Gasteiger partial charge on any atom is -0.496 e. The second-order valence-electron chi connectivity index (χ2n) is 6.05. The van der Waals surface area contributed by atoms with Crippen molar-refractivity contribution in [2.24, 2.45) is 11.7 Å². The molecule has 1 aromatic carbocycles. The number of Topliss-reactive ketones (excluding diaryl/α,β-unsaturated/α-hetero) is 1. The summed E-state index contributed by atoms with van der Waals surface area (Å²) in [6, 6.07) is 5.47. The number of rotatable bonds is 8. The first-order valence-electron chi connectivity index (χ1n) is 8.28. The zero-order valence-corrected chi connectivity index (χ0v) is 16.4. The van der Waals surface area contributed by atoms with Gasteiger partial charge in [0.05, 0.1) is 29.1 Å². The number of carbonyl (C=O) groups is 2. The van der Waals surface area contributed by atoms with Crippen LogP contribution >= 0.6 is 23.2 Å². The summed E-state index contributed by atoms with van der Waals surface area (Å²) in [5.74, 6) is -1.46. The van der Waals surface area contributed by atoms with E-state index in [1.807, 2.05) is 6.92 Å². The number of nitrogens with zero attached hydrogens (tertiary/aromatic N) is 1. The summed E-state index contributed by atoms with van der Waals surface area (Å²) in [4.78, 5) is 28.1. The summed E-state index contributed by atoms with van der Waals surface area (Å²) in [6.45, 7) is 1.81. The molecular weight excluding hydrogens is 391 g/mol. The first-order chi connectivity index (χ1) is 12.8. The summed E-state index contributed by atoms with van der Waals surface area (Å²) < 4.78 is 5.31. The molecule has 144 valence electrons. The molecule has 8 heteroatoms. The number of carbonyl (C=O) groups excluding carboxylic acids is 1. The Kier molecular flexibility index (Phi) is 7.18. The number of hydrogen-bond acceptors (Lipinski definition) is 5. The molecular formula is C19H20Cl2N2O4. The number of nitrogens with two attached hydrogens (primary N) is 1. The van der Waals surface area contributed by atoms with Crippen molar-refractivity contribution in [2.75, 3.05) is 7.11 Å². The van der Waals surface area contributed by atoms with Crippen molar-refractivity contribution in [1.29, 1.82) is 0 Å². The van der Waals surface area contributed by atoms with Crippen molar-refractivity contribution >= 4 is 35.0 Å². The lowest BCUT2D eigenvalue weighted by molar-refractivity contribution is -0.141. The largest absolute Gasteiger partial charge is 0.496 e. The number of ether oxygens (including phenoxy) is 1. The fourth-order valence-corrected chi connectivity index (χ4v) is 3.20. The molecule has 6 nitrogen and oxygen atoms in total. The molecule has 3 N–H and O–H groups in total. The van der Waals surface area contributed by atoms with E-state index in [4.69, 9.17) is 33.7 Å². The van der Waals surface area contributed by atoms with E-state index in [1.54, 1.807) is 18.2 Å². The van der Waals surface area contributed by atoms with Crippen LogP contribution in [0.1, 0.15) is 41.0 Å². The highest BCUT2D eigenvalue weighted by Crippen LogP contribution is 2.30. The van der Waals surface area contributed by atoms with Crippen molar-refractivity contribution in [3.63, 3.8) is 0 Å². The van der Waals surface area contributed by atoms with Crippen molar-refractivity contribution in [1.82, 2.24) is 4.98 Å². The number of benzene rings is 1. The average molecular weight is 411 g/mol. The lowest BCUT2D eigenvalue weighted by Gasteiger charge is -2.17. The third-order valence-electron chi connectivity index (χ3n) is 4.28. The zero-order valence-electron chi connectivity index (χ0n) is 14.9. The predicted molar refractivity (Wildman–Crippen MR) is 104 cm³/mol. The molecule has 2 unspecified atom stereocenters. The third-order valence-corrected chi connectivity index (χ3v) is 4.77. The van der Waals surface area contributed by atoms with E-state index >= 15 is 0 Å². The summed E-state index contributed by atoms with van der Waals surface area (Å²) in [5, 5.41) is 9.68. The fraction of sp³-hybridized carbons (Fsp3) is 0.316. The monoisotopic (exact) mass is 410 g/mol. The number of hydrogen-bond donors (Lipinski definition) is 2. The van der Waals surface area contributed by atoms with Crippen molar-refractivity contribution < 1.29 is 19.4 Å². The second-order valence-corrected chi connectivity index (χ2v) is 6.89. The van der Waals surface area contributed by atoms with Gasteiger partial charge in [-0.1, -0.05) is 42.3 Å². The molecule has 0 aliphatic carbocycles. The minimum absolute atomic E-state index is 0.0120. The minimum atomic E-state index is -1.07. The fourth-order valence-electron chi connectivity index (χ4n) is 2.73. The lowest BCUT2D eigenvalue weighted by atomic mass is 9.92. The number of aliphatic carboxylic acids is 1. The van der Waals surface area contributed by atoms with Crippen molar-refractivity contribution in [3.05, 3.63) is 57.3 Å². The molecule has 0 amide bonds. The van der Waals surface area contributed by atoms with Gasteiger partial charge in [-0.15, -0.1) is 0 Å². The molecule has 2 rings (SSSR count). The van der Waals surface area contributed by atoms with Crippen LogP contribution in [0.5, 0.6) is 5.75 Å². The van der Waals surface area contributed by atoms with Crippen LogP contribution in [0.4, 0.5) is 0 Å². The Labute approximate surface area is 167 Å². The normalized spacial score (nSPS) is 13.1. The Hall–Kier alpha value is -2.15. The van der Waals surface area contributed by atoms with Gasteiger partial charge in [0, 0.05) is 11.8 Å². The molecule has 27 heavy (non-hydrogen) atoms. The van der Waals surface area contributed by atoms with Gasteiger partial charge in [0.15, 0.2) is 0 Å². The van der Waals surface area contributed by atoms with Gasteiger partial charge in [0.2, 0.25) is 5.78 Å². The molecule has 1 heterocycles. The number of methoxy groups -OCH3 is 1. The number of pyridine rings is 1. The molecule has 0 fully saturated rings. The molecule has 2 atom stereocenters. The Bertz CT molecular complexity index is 858. The standard InChI is InChI=1S/C19H20Cl2N2O4/c1-3-11(19(25)26)6-10-4-5-15(27-2)13(7-10)16(22)18(24)17-14(21)8-12(20)9-23-17/h4-5,7-9,11,16H,3,6,22H2,1-2H3,(H,25,26). The van der Waals surface area contributed by atoms with E-state index in [0.717, 1.165) is 5.56 Å². The number of aromatic nitrogens is 1. The lowest BCUT2D eigenvalue weighted by Crippen LogP contribution is -2.24. The summed E-state index contributed by atoms with van der Waals surface area (Å²) in [7, 11) is 1.47. The highest BCUT2D eigenvalue weighted by atomic mass is 35.5. The molecule has 1 aromatic heterocycles. The maximum Gasteiger partial charge on any atom is 0.306 e. The van der Waals surface area contributed by atoms with Crippen LogP contribution in [0.2, 0.25) is 10.0 Å². The molecule has 0 aliphatic rings. The average Bonchev–Trinajstić information content (AvgIpc) is 2.64. The van der Waals surface area contributed by atoms with Gasteiger partial charge in [0.1, 0.15) is 11.4 Å². The highest BCUT2D eigenvalue weighted by molar-refractivity contribution is 6.36. The van der Waals surface area contributed by atoms with Gasteiger partial charge < -0.3 is 15.6 Å². The van der Waals surface area contributed by atoms with E-state index in [9.17, 15) is 14.7 Å². The molecule has 0 spiro atoms. The van der Waals surface area contributed by atoms with Crippen LogP contribution in [0.25, 0.3) is 0 Å². The molecule has 0 bridgehead atoms. The van der Waals surface area contributed by atoms with E-state index in [0.29, 0.717) is 29.2 Å². The maximum atomic E-state index is 12.8. The van der Waals surface area contributed by atoms with E-state index in [-0.39, 0.29) is 10.7 Å². The number of carboxylic acid groups (broad SMARTS) is 1. The van der Waals surface area contributed by atoms with Crippen LogP contribution in [0.15, 0.2) is 30.5 Å². The molecule has 0 saturated carbocycles. The first-order valence-corrected chi connectivity index (χ1v) is 9.04. The Morgan fingerprint density at radius 3 is 2.56 bits per heavy atom. The summed E-state index contributed by atoms with van der Waals surface area (Å²) >= 11 is 11.9. The van der Waals surface area contributed by atoms with E-state index < -0.39 is 23.7 Å². The second kappa shape index (κ2) is 9.17. The molecule has 0 saturated heterocycles. The van der Waals surface area contributed by atoms with E-state index in [2.05, 4.69) is 4.98 Å². The van der Waals surface area contributed by atoms with Crippen molar-refractivity contribution in [2.45, 2.75) is 25.8 Å². The van der Waals surface area contributed by atoms with Crippen LogP contribution in [-0.4, -0.2) is 29.0 Å². The molecule has 2 aromatic rings. The Morgan fingerprint density at radius 1 is 1.30 bits per heavy atom. The van der Waals surface area contributed by atoms with Crippen LogP contribution in [-0.2, 0) is 11.2 Å². The maximum absolute atomic E-state index is 12.8. The van der Waals surface area contributed by atoms with Gasteiger partial charge >= 0.3 is 5.97 Å². The van der Waals surface area contributed by atoms with Crippen molar-refractivity contribution in [3.8, 4) is 5.75 Å². The Balaban J connectivity index is 2.38.